The summed E-state index contributed by atoms with van der Waals surface area (Å²) in [6.07, 6.45) is 1.21. The second-order valence-corrected chi connectivity index (χ2v) is 2.86. The predicted octanol–water partition coefficient (Wildman–Crippen LogP) is 1.34. The average Bonchev–Trinajstić information content (AvgIpc) is 2.03. The summed E-state index contributed by atoms with van der Waals surface area (Å²) in [6.45, 7) is 5.89. The first-order valence-electron chi connectivity index (χ1n) is 3.75. The van der Waals surface area contributed by atoms with Crippen LogP contribution in [0.4, 0.5) is 0 Å². The van der Waals surface area contributed by atoms with Crippen LogP contribution in [0.15, 0.2) is 12.2 Å². The predicted molar refractivity (Wildman–Crippen MR) is 52.3 cm³/mol. The first kappa shape index (κ1) is 11.1. The molecule has 0 aromatic heterocycles. The standard InChI is InChI=1S/C8H13NO2S/c1-3-7(12)9-5-4-6(2)8(10)11/h2-5H2,1H3,(H,9,12)(H,10,11). The summed E-state index contributed by atoms with van der Waals surface area (Å²) in [4.78, 5) is 11.0. The molecule has 0 heterocycles. The molecule has 0 atom stereocenters. The number of nitrogens with one attached hydrogen (secondary N) is 1. The third kappa shape index (κ3) is 4.85. The van der Waals surface area contributed by atoms with Crippen molar-refractivity contribution in [3.8, 4) is 0 Å². The maximum atomic E-state index is 10.3. The van der Waals surface area contributed by atoms with Crippen LogP contribution in [0.25, 0.3) is 0 Å². The second kappa shape index (κ2) is 5.71. The van der Waals surface area contributed by atoms with Gasteiger partial charge in [0.05, 0.1) is 4.99 Å². The normalized spacial score (nSPS) is 9.08. The largest absolute Gasteiger partial charge is 0.478 e. The Labute approximate surface area is 77.5 Å². The van der Waals surface area contributed by atoms with Crippen molar-refractivity contribution in [3.05, 3.63) is 12.2 Å². The Morgan fingerprint density at radius 2 is 2.25 bits per heavy atom. The average molecular weight is 187 g/mol. The SMILES string of the molecule is C=C(CCNC(=S)CC)C(=O)O. The molecule has 12 heavy (non-hydrogen) atoms. The van der Waals surface area contributed by atoms with E-state index in [1.165, 1.54) is 0 Å². The number of carboxylic acid groups (broad SMARTS) is 1. The first-order chi connectivity index (χ1) is 5.57. The van der Waals surface area contributed by atoms with Crippen molar-refractivity contribution in [3.63, 3.8) is 0 Å². The van der Waals surface area contributed by atoms with Crippen LogP contribution >= 0.6 is 12.2 Å². The molecular formula is C8H13NO2S. The molecule has 0 aliphatic carbocycles. The van der Waals surface area contributed by atoms with Gasteiger partial charge < -0.3 is 10.4 Å². The van der Waals surface area contributed by atoms with Gasteiger partial charge in [-0.05, 0) is 12.8 Å². The van der Waals surface area contributed by atoms with Gasteiger partial charge in [0.15, 0.2) is 0 Å². The Balaban J connectivity index is 3.50. The third-order valence-electron chi connectivity index (χ3n) is 1.37. The van der Waals surface area contributed by atoms with E-state index >= 15 is 0 Å². The minimum atomic E-state index is -0.945. The van der Waals surface area contributed by atoms with Crippen molar-refractivity contribution in [1.29, 1.82) is 0 Å². The van der Waals surface area contributed by atoms with E-state index in [0.717, 1.165) is 11.4 Å². The van der Waals surface area contributed by atoms with Gasteiger partial charge in [-0.3, -0.25) is 0 Å². The van der Waals surface area contributed by atoms with E-state index in [0.29, 0.717) is 13.0 Å². The van der Waals surface area contributed by atoms with E-state index in [-0.39, 0.29) is 5.57 Å². The topological polar surface area (TPSA) is 49.3 Å². The lowest BCUT2D eigenvalue weighted by molar-refractivity contribution is -0.132. The lowest BCUT2D eigenvalue weighted by atomic mass is 10.2. The Morgan fingerprint density at radius 1 is 1.67 bits per heavy atom. The molecule has 0 rings (SSSR count). The number of hydrogen-bond acceptors (Lipinski definition) is 2. The molecule has 0 spiro atoms. The highest BCUT2D eigenvalue weighted by Gasteiger charge is 2.02. The molecule has 0 aromatic carbocycles. The maximum Gasteiger partial charge on any atom is 0.331 e. The van der Waals surface area contributed by atoms with E-state index in [4.69, 9.17) is 17.3 Å². The summed E-state index contributed by atoms with van der Waals surface area (Å²) in [6, 6.07) is 0. The molecule has 68 valence electrons. The number of rotatable bonds is 5. The number of aliphatic carboxylic acids is 1. The quantitative estimate of drug-likeness (QED) is 0.504. The van der Waals surface area contributed by atoms with Gasteiger partial charge in [0.2, 0.25) is 0 Å². The van der Waals surface area contributed by atoms with Crippen molar-refractivity contribution in [2.75, 3.05) is 6.54 Å². The fourth-order valence-electron chi connectivity index (χ4n) is 0.585. The summed E-state index contributed by atoms with van der Waals surface area (Å²) in [5.74, 6) is -0.945. The monoisotopic (exact) mass is 187 g/mol. The van der Waals surface area contributed by atoms with E-state index in [9.17, 15) is 4.79 Å². The van der Waals surface area contributed by atoms with Gasteiger partial charge >= 0.3 is 5.97 Å². The molecule has 2 N–H and O–H groups in total. The van der Waals surface area contributed by atoms with Crippen LogP contribution in [0, 0.1) is 0 Å². The molecule has 4 heteroatoms. The fraction of sp³-hybridized carbons (Fsp3) is 0.500. The van der Waals surface area contributed by atoms with Crippen LogP contribution in [-0.2, 0) is 4.79 Å². The van der Waals surface area contributed by atoms with E-state index in [1.807, 2.05) is 6.92 Å². The van der Waals surface area contributed by atoms with Gasteiger partial charge in [-0.25, -0.2) is 4.79 Å². The molecule has 0 radical (unpaired) electrons. The molecule has 0 aliphatic heterocycles. The zero-order chi connectivity index (χ0) is 9.56. The Morgan fingerprint density at radius 3 is 2.67 bits per heavy atom. The summed E-state index contributed by atoms with van der Waals surface area (Å²) in [7, 11) is 0. The van der Waals surface area contributed by atoms with Gasteiger partial charge in [0.1, 0.15) is 0 Å². The summed E-state index contributed by atoms with van der Waals surface area (Å²) < 4.78 is 0. The molecular weight excluding hydrogens is 174 g/mol. The Kier molecular flexibility index (Phi) is 5.28. The van der Waals surface area contributed by atoms with Crippen LogP contribution in [0.5, 0.6) is 0 Å². The van der Waals surface area contributed by atoms with Crippen molar-refractivity contribution in [2.24, 2.45) is 0 Å². The van der Waals surface area contributed by atoms with Gasteiger partial charge in [0, 0.05) is 12.1 Å². The Hall–Kier alpha value is -0.900. The third-order valence-corrected chi connectivity index (χ3v) is 1.81. The van der Waals surface area contributed by atoms with E-state index in [1.54, 1.807) is 0 Å². The highest BCUT2D eigenvalue weighted by molar-refractivity contribution is 7.80. The molecule has 0 saturated heterocycles. The van der Waals surface area contributed by atoms with Crippen LogP contribution < -0.4 is 5.32 Å². The van der Waals surface area contributed by atoms with Gasteiger partial charge in [-0.15, -0.1) is 0 Å². The number of carbonyl (C=O) groups is 1. The minimum absolute atomic E-state index is 0.210. The fourth-order valence-corrected chi connectivity index (χ4v) is 0.687. The lowest BCUT2D eigenvalue weighted by Gasteiger charge is -2.04. The molecule has 0 bridgehead atoms. The second-order valence-electron chi connectivity index (χ2n) is 2.36. The number of hydrogen-bond donors (Lipinski definition) is 2. The molecule has 0 fully saturated rings. The number of carboxylic acids is 1. The van der Waals surface area contributed by atoms with Crippen LogP contribution in [-0.4, -0.2) is 22.6 Å². The van der Waals surface area contributed by atoms with Gasteiger partial charge in [-0.1, -0.05) is 25.7 Å². The highest BCUT2D eigenvalue weighted by atomic mass is 32.1. The molecule has 3 nitrogen and oxygen atoms in total. The van der Waals surface area contributed by atoms with Crippen LogP contribution in [0.2, 0.25) is 0 Å². The van der Waals surface area contributed by atoms with Crippen molar-refractivity contribution in [2.45, 2.75) is 19.8 Å². The minimum Gasteiger partial charge on any atom is -0.478 e. The van der Waals surface area contributed by atoms with Crippen LogP contribution in [0.1, 0.15) is 19.8 Å². The van der Waals surface area contributed by atoms with Crippen LogP contribution in [0.3, 0.4) is 0 Å². The van der Waals surface area contributed by atoms with Crippen molar-refractivity contribution in [1.82, 2.24) is 5.32 Å². The highest BCUT2D eigenvalue weighted by Crippen LogP contribution is 1.95. The smallest absolute Gasteiger partial charge is 0.331 e. The number of thiocarbonyl (C=S) groups is 1. The van der Waals surface area contributed by atoms with E-state index in [2.05, 4.69) is 11.9 Å². The first-order valence-corrected chi connectivity index (χ1v) is 4.16. The van der Waals surface area contributed by atoms with Gasteiger partial charge in [-0.2, -0.15) is 0 Å². The van der Waals surface area contributed by atoms with Crippen molar-refractivity contribution >= 4 is 23.2 Å². The summed E-state index contributed by atoms with van der Waals surface area (Å²) in [5.41, 5.74) is 0.210. The summed E-state index contributed by atoms with van der Waals surface area (Å²) >= 11 is 4.88. The maximum absolute atomic E-state index is 10.3. The molecule has 0 saturated carbocycles. The lowest BCUT2D eigenvalue weighted by Crippen LogP contribution is -2.22. The summed E-state index contributed by atoms with van der Waals surface area (Å²) in [5, 5.41) is 11.4. The van der Waals surface area contributed by atoms with Crippen molar-refractivity contribution < 1.29 is 9.90 Å². The van der Waals surface area contributed by atoms with Gasteiger partial charge in [0.25, 0.3) is 0 Å². The van der Waals surface area contributed by atoms with E-state index < -0.39 is 5.97 Å². The molecule has 0 amide bonds. The zero-order valence-electron chi connectivity index (χ0n) is 7.09. The molecule has 0 aromatic rings. The zero-order valence-corrected chi connectivity index (χ0v) is 7.91. The molecule has 0 aliphatic rings. The molecule has 0 unspecified atom stereocenters. The Bertz CT molecular complexity index is 201.